The maximum atomic E-state index is 11.9. The molecule has 2 heterocycles. The molecule has 0 amide bonds. The van der Waals surface area contributed by atoms with E-state index in [1.165, 1.54) is 11.3 Å². The van der Waals surface area contributed by atoms with Gasteiger partial charge in [0.2, 0.25) is 0 Å². The topological polar surface area (TPSA) is 79.3 Å². The van der Waals surface area contributed by atoms with Gasteiger partial charge in [-0.25, -0.2) is 4.79 Å². The Hall–Kier alpha value is -1.74. The highest BCUT2D eigenvalue weighted by Crippen LogP contribution is 2.39. The van der Waals surface area contributed by atoms with Crippen molar-refractivity contribution in [1.29, 1.82) is 5.26 Å². The van der Waals surface area contributed by atoms with E-state index < -0.39 is 5.97 Å². The maximum Gasteiger partial charge on any atom is 0.343 e. The zero-order valence-electron chi connectivity index (χ0n) is 10.2. The number of nitrogens with zero attached hydrogens (tertiary/aromatic N) is 2. The molecule has 6 heteroatoms. The molecule has 1 fully saturated rings. The number of rotatable bonds is 3. The summed E-state index contributed by atoms with van der Waals surface area (Å²) in [7, 11) is 0. The minimum Gasteiger partial charge on any atom is -0.462 e. The van der Waals surface area contributed by atoms with E-state index in [1.54, 1.807) is 6.92 Å². The molecule has 0 aliphatic carbocycles. The molecule has 0 unspecified atom stereocenters. The van der Waals surface area contributed by atoms with Crippen molar-refractivity contribution in [2.45, 2.75) is 19.8 Å². The van der Waals surface area contributed by atoms with Crippen LogP contribution in [0, 0.1) is 11.3 Å². The molecular weight excluding hydrogens is 250 g/mol. The number of nitriles is 1. The van der Waals surface area contributed by atoms with Crippen molar-refractivity contribution in [1.82, 2.24) is 0 Å². The second kappa shape index (κ2) is 5.27. The number of carbonyl (C=O) groups is 1. The molecule has 1 aromatic rings. The van der Waals surface area contributed by atoms with Gasteiger partial charge in [-0.1, -0.05) is 0 Å². The van der Waals surface area contributed by atoms with Gasteiger partial charge < -0.3 is 15.4 Å². The Bertz CT molecular complexity index is 498. The van der Waals surface area contributed by atoms with Crippen LogP contribution in [0.25, 0.3) is 0 Å². The standard InChI is InChI=1S/C12H15N3O2S/c1-2-17-12(16)9-10(14)8(7-13)18-11(9)15-5-3-4-6-15/h2-6,14H2,1H3. The van der Waals surface area contributed by atoms with E-state index >= 15 is 0 Å². The molecule has 1 aliphatic heterocycles. The van der Waals surface area contributed by atoms with Crippen molar-refractivity contribution in [2.75, 3.05) is 30.3 Å². The summed E-state index contributed by atoms with van der Waals surface area (Å²) in [5, 5.41) is 9.80. The third-order valence-corrected chi connectivity index (χ3v) is 4.07. The van der Waals surface area contributed by atoms with Crippen molar-refractivity contribution in [2.24, 2.45) is 0 Å². The number of nitrogen functional groups attached to an aromatic ring is 1. The van der Waals surface area contributed by atoms with Crippen molar-refractivity contribution in [3.63, 3.8) is 0 Å². The largest absolute Gasteiger partial charge is 0.462 e. The van der Waals surface area contributed by atoms with Gasteiger partial charge in [0.15, 0.2) is 0 Å². The van der Waals surface area contributed by atoms with Crippen LogP contribution < -0.4 is 10.6 Å². The Morgan fingerprint density at radius 3 is 2.78 bits per heavy atom. The molecule has 2 rings (SSSR count). The average molecular weight is 265 g/mol. The van der Waals surface area contributed by atoms with E-state index in [2.05, 4.69) is 4.90 Å². The lowest BCUT2D eigenvalue weighted by molar-refractivity contribution is 0.0529. The van der Waals surface area contributed by atoms with Crippen LogP contribution >= 0.6 is 11.3 Å². The third kappa shape index (κ3) is 2.14. The molecule has 1 aliphatic rings. The van der Waals surface area contributed by atoms with Crippen molar-refractivity contribution in [3.05, 3.63) is 10.4 Å². The zero-order chi connectivity index (χ0) is 13.1. The Morgan fingerprint density at radius 2 is 2.22 bits per heavy atom. The molecule has 0 radical (unpaired) electrons. The van der Waals surface area contributed by atoms with E-state index in [4.69, 9.17) is 15.7 Å². The lowest BCUT2D eigenvalue weighted by atomic mass is 10.2. The Balaban J connectivity index is 2.44. The van der Waals surface area contributed by atoms with Gasteiger partial charge in [-0.15, -0.1) is 11.3 Å². The molecule has 1 saturated heterocycles. The highest BCUT2D eigenvalue weighted by Gasteiger charge is 2.27. The van der Waals surface area contributed by atoms with E-state index in [1.807, 2.05) is 6.07 Å². The Labute approximate surface area is 110 Å². The van der Waals surface area contributed by atoms with Gasteiger partial charge in [-0.3, -0.25) is 0 Å². The lowest BCUT2D eigenvalue weighted by Crippen LogP contribution is -2.20. The molecule has 0 spiro atoms. The van der Waals surface area contributed by atoms with Crippen LogP contribution in [0.3, 0.4) is 0 Å². The number of carbonyl (C=O) groups excluding carboxylic acids is 1. The maximum absolute atomic E-state index is 11.9. The van der Waals surface area contributed by atoms with Crippen LogP contribution in [-0.2, 0) is 4.74 Å². The molecule has 0 bridgehead atoms. The molecule has 1 aromatic heterocycles. The first-order chi connectivity index (χ1) is 8.69. The number of ether oxygens (including phenoxy) is 1. The molecule has 2 N–H and O–H groups in total. The van der Waals surface area contributed by atoms with Gasteiger partial charge in [0.05, 0.1) is 12.3 Å². The molecule has 0 atom stereocenters. The van der Waals surface area contributed by atoms with Gasteiger partial charge in [0.1, 0.15) is 21.5 Å². The normalized spacial score (nSPS) is 14.6. The molecule has 0 aromatic carbocycles. The SMILES string of the molecule is CCOC(=O)c1c(N2CCCC2)sc(C#N)c1N. The van der Waals surface area contributed by atoms with Gasteiger partial charge in [-0.2, -0.15) is 5.26 Å². The van der Waals surface area contributed by atoms with Crippen LogP contribution in [-0.4, -0.2) is 25.7 Å². The molecule has 0 saturated carbocycles. The van der Waals surface area contributed by atoms with Crippen molar-refractivity contribution < 1.29 is 9.53 Å². The Morgan fingerprint density at radius 1 is 1.56 bits per heavy atom. The van der Waals surface area contributed by atoms with E-state index in [9.17, 15) is 4.79 Å². The van der Waals surface area contributed by atoms with Gasteiger partial charge in [0.25, 0.3) is 0 Å². The minimum atomic E-state index is -0.436. The van der Waals surface area contributed by atoms with Crippen LogP contribution in [0.2, 0.25) is 0 Å². The summed E-state index contributed by atoms with van der Waals surface area (Å²) >= 11 is 1.28. The van der Waals surface area contributed by atoms with Crippen LogP contribution in [0.1, 0.15) is 35.0 Å². The van der Waals surface area contributed by atoms with Crippen molar-refractivity contribution in [3.8, 4) is 6.07 Å². The number of thiophene rings is 1. The summed E-state index contributed by atoms with van der Waals surface area (Å²) in [4.78, 5) is 14.4. The molecule has 5 nitrogen and oxygen atoms in total. The summed E-state index contributed by atoms with van der Waals surface area (Å²) < 4.78 is 5.02. The first-order valence-electron chi connectivity index (χ1n) is 5.93. The smallest absolute Gasteiger partial charge is 0.343 e. The highest BCUT2D eigenvalue weighted by atomic mass is 32.1. The van der Waals surface area contributed by atoms with Crippen LogP contribution in [0.4, 0.5) is 10.7 Å². The van der Waals surface area contributed by atoms with Gasteiger partial charge in [-0.05, 0) is 19.8 Å². The predicted molar refractivity (Wildman–Crippen MR) is 70.8 cm³/mol. The number of anilines is 2. The second-order valence-corrected chi connectivity index (χ2v) is 5.05. The second-order valence-electron chi connectivity index (χ2n) is 4.05. The predicted octanol–water partition coefficient (Wildman–Crippen LogP) is 1.98. The average Bonchev–Trinajstić information content (AvgIpc) is 2.96. The van der Waals surface area contributed by atoms with Gasteiger partial charge >= 0.3 is 5.97 Å². The summed E-state index contributed by atoms with van der Waals surface area (Å²) in [6.45, 7) is 3.85. The number of nitrogens with two attached hydrogens (primary N) is 1. The van der Waals surface area contributed by atoms with E-state index in [-0.39, 0.29) is 5.69 Å². The summed E-state index contributed by atoms with van der Waals surface area (Å²) in [5.41, 5.74) is 6.49. The van der Waals surface area contributed by atoms with Crippen LogP contribution in [0.5, 0.6) is 0 Å². The molecule has 18 heavy (non-hydrogen) atoms. The first-order valence-corrected chi connectivity index (χ1v) is 6.75. The van der Waals surface area contributed by atoms with Gasteiger partial charge in [0, 0.05) is 13.1 Å². The van der Waals surface area contributed by atoms with Crippen LogP contribution in [0.15, 0.2) is 0 Å². The fourth-order valence-corrected chi connectivity index (χ4v) is 3.12. The monoisotopic (exact) mass is 265 g/mol. The molecule has 96 valence electrons. The number of esters is 1. The fourth-order valence-electron chi connectivity index (χ4n) is 2.06. The number of hydrogen-bond acceptors (Lipinski definition) is 6. The summed E-state index contributed by atoms with van der Waals surface area (Å²) in [5.74, 6) is -0.436. The number of hydrogen-bond donors (Lipinski definition) is 1. The fraction of sp³-hybridized carbons (Fsp3) is 0.500. The minimum absolute atomic E-state index is 0.253. The zero-order valence-corrected chi connectivity index (χ0v) is 11.0. The summed E-state index contributed by atoms with van der Waals surface area (Å²) in [6, 6.07) is 2.04. The van der Waals surface area contributed by atoms with Crippen molar-refractivity contribution >= 4 is 28.0 Å². The summed E-state index contributed by atoms with van der Waals surface area (Å²) in [6.07, 6.45) is 2.20. The highest BCUT2D eigenvalue weighted by molar-refractivity contribution is 7.17. The molecular formula is C12H15N3O2S. The first kappa shape index (κ1) is 12.7. The third-order valence-electron chi connectivity index (χ3n) is 2.90. The van der Waals surface area contributed by atoms with E-state index in [0.717, 1.165) is 30.9 Å². The Kier molecular flexibility index (Phi) is 3.72. The lowest BCUT2D eigenvalue weighted by Gasteiger charge is -2.16. The quantitative estimate of drug-likeness (QED) is 0.845. The van der Waals surface area contributed by atoms with E-state index in [0.29, 0.717) is 17.0 Å².